The fourth-order valence-corrected chi connectivity index (χ4v) is 2.68. The zero-order chi connectivity index (χ0) is 13.8. The van der Waals surface area contributed by atoms with Gasteiger partial charge in [0.1, 0.15) is 12.1 Å². The van der Waals surface area contributed by atoms with Gasteiger partial charge in [0.15, 0.2) is 0 Å². The van der Waals surface area contributed by atoms with Gasteiger partial charge in [0.05, 0.1) is 22.4 Å². The summed E-state index contributed by atoms with van der Waals surface area (Å²) in [6.07, 6.45) is 0.865. The highest BCUT2D eigenvalue weighted by molar-refractivity contribution is 5.95. The van der Waals surface area contributed by atoms with Crippen LogP contribution in [0.1, 0.15) is 32.2 Å². The molecule has 96 valence electrons. The molecule has 19 heavy (non-hydrogen) atoms. The predicted molar refractivity (Wildman–Crippen MR) is 71.2 cm³/mol. The summed E-state index contributed by atoms with van der Waals surface area (Å²) >= 11 is 0. The minimum absolute atomic E-state index is 0.335. The Labute approximate surface area is 110 Å². The van der Waals surface area contributed by atoms with E-state index in [4.69, 9.17) is 0 Å². The number of rotatable bonds is 1. The smallest absolute Gasteiger partial charge is 0.147 e. The van der Waals surface area contributed by atoms with Gasteiger partial charge in [-0.1, -0.05) is 0 Å². The van der Waals surface area contributed by atoms with Crippen molar-refractivity contribution in [3.63, 3.8) is 0 Å². The van der Waals surface area contributed by atoms with E-state index in [9.17, 15) is 9.18 Å². The van der Waals surface area contributed by atoms with Crippen LogP contribution in [0, 0.1) is 5.82 Å². The molecule has 1 aromatic carbocycles. The van der Waals surface area contributed by atoms with Crippen LogP contribution in [0.15, 0.2) is 23.8 Å². The third kappa shape index (κ3) is 1.52. The van der Waals surface area contributed by atoms with Crippen molar-refractivity contribution in [3.05, 3.63) is 41.0 Å². The second kappa shape index (κ2) is 3.70. The molecule has 0 unspecified atom stereocenters. The number of aldehydes is 1. The highest BCUT2D eigenvalue weighted by Gasteiger charge is 2.38. The maximum Gasteiger partial charge on any atom is 0.147 e. The van der Waals surface area contributed by atoms with Gasteiger partial charge in [-0.25, -0.2) is 14.4 Å². The number of halogens is 1. The van der Waals surface area contributed by atoms with Gasteiger partial charge in [0, 0.05) is 17.1 Å². The van der Waals surface area contributed by atoms with Crippen LogP contribution in [-0.4, -0.2) is 16.3 Å². The first kappa shape index (κ1) is 12.0. The molecule has 3 nitrogen and oxygen atoms in total. The summed E-state index contributed by atoms with van der Waals surface area (Å²) < 4.78 is 13.3. The van der Waals surface area contributed by atoms with Crippen molar-refractivity contribution >= 4 is 22.9 Å². The number of benzene rings is 1. The maximum absolute atomic E-state index is 13.3. The standard InChI is InChI=1S/C15H13FN2O/c1-8-10(7-19)15(2,3)14-13(8)17-11-5-4-9(16)6-12(11)18-14/h4-7H,1-3H3. The fourth-order valence-electron chi connectivity index (χ4n) is 2.68. The molecule has 1 aliphatic carbocycles. The molecule has 1 aromatic heterocycles. The summed E-state index contributed by atoms with van der Waals surface area (Å²) in [5, 5.41) is 0. The average Bonchev–Trinajstić information content (AvgIpc) is 2.54. The second-order valence-electron chi connectivity index (χ2n) is 5.34. The summed E-state index contributed by atoms with van der Waals surface area (Å²) in [6.45, 7) is 5.75. The van der Waals surface area contributed by atoms with E-state index >= 15 is 0 Å². The first-order valence-corrected chi connectivity index (χ1v) is 6.10. The molecule has 0 N–H and O–H groups in total. The number of carbonyl (C=O) groups excluding carboxylic acids is 1. The minimum Gasteiger partial charge on any atom is -0.298 e. The fraction of sp³-hybridized carbons (Fsp3) is 0.267. The number of aromatic nitrogens is 2. The number of fused-ring (bicyclic) bond motifs is 2. The van der Waals surface area contributed by atoms with Gasteiger partial charge in [-0.2, -0.15) is 0 Å². The Hall–Kier alpha value is -2.10. The molecule has 1 heterocycles. The van der Waals surface area contributed by atoms with Gasteiger partial charge in [-0.3, -0.25) is 4.79 Å². The highest BCUT2D eigenvalue weighted by Crippen LogP contribution is 2.43. The van der Waals surface area contributed by atoms with Gasteiger partial charge >= 0.3 is 0 Å². The zero-order valence-electron chi connectivity index (χ0n) is 11.0. The van der Waals surface area contributed by atoms with E-state index < -0.39 is 5.41 Å². The molecule has 1 aliphatic rings. The number of nitrogens with zero attached hydrogens (tertiary/aromatic N) is 2. The SMILES string of the molecule is CC1=C(C=O)C(C)(C)c2nc3cc(F)ccc3nc21. The molecule has 0 fully saturated rings. The summed E-state index contributed by atoms with van der Waals surface area (Å²) in [4.78, 5) is 20.3. The van der Waals surface area contributed by atoms with Crippen LogP contribution in [0.3, 0.4) is 0 Å². The van der Waals surface area contributed by atoms with E-state index in [0.717, 1.165) is 23.2 Å². The Morgan fingerprint density at radius 3 is 2.63 bits per heavy atom. The van der Waals surface area contributed by atoms with E-state index in [-0.39, 0.29) is 5.82 Å². The lowest BCUT2D eigenvalue weighted by Gasteiger charge is -2.19. The molecular formula is C15H13FN2O. The predicted octanol–water partition coefficient (Wildman–Crippen LogP) is 3.03. The lowest BCUT2D eigenvalue weighted by Crippen LogP contribution is -2.20. The van der Waals surface area contributed by atoms with Crippen LogP contribution >= 0.6 is 0 Å². The summed E-state index contributed by atoms with van der Waals surface area (Å²) in [7, 11) is 0. The van der Waals surface area contributed by atoms with Crippen LogP contribution in [0.5, 0.6) is 0 Å². The van der Waals surface area contributed by atoms with Gasteiger partial charge in [0.2, 0.25) is 0 Å². The third-order valence-electron chi connectivity index (χ3n) is 3.77. The quantitative estimate of drug-likeness (QED) is 0.736. The molecule has 0 aliphatic heterocycles. The van der Waals surface area contributed by atoms with E-state index in [0.29, 0.717) is 16.6 Å². The molecule has 0 spiro atoms. The second-order valence-corrected chi connectivity index (χ2v) is 5.34. The van der Waals surface area contributed by atoms with E-state index in [1.807, 2.05) is 20.8 Å². The third-order valence-corrected chi connectivity index (χ3v) is 3.77. The van der Waals surface area contributed by atoms with Crippen molar-refractivity contribution in [2.75, 3.05) is 0 Å². The van der Waals surface area contributed by atoms with Crippen molar-refractivity contribution in [1.82, 2.24) is 9.97 Å². The number of hydrogen-bond acceptors (Lipinski definition) is 3. The van der Waals surface area contributed by atoms with Crippen LogP contribution in [0.2, 0.25) is 0 Å². The molecule has 0 atom stereocenters. The Bertz CT molecular complexity index is 747. The Morgan fingerprint density at radius 2 is 1.95 bits per heavy atom. The van der Waals surface area contributed by atoms with Gasteiger partial charge in [-0.05, 0) is 38.5 Å². The van der Waals surface area contributed by atoms with Crippen LogP contribution < -0.4 is 0 Å². The van der Waals surface area contributed by atoms with Gasteiger partial charge < -0.3 is 0 Å². The average molecular weight is 256 g/mol. The first-order valence-electron chi connectivity index (χ1n) is 6.10. The number of hydrogen-bond donors (Lipinski definition) is 0. The first-order chi connectivity index (χ1) is 8.95. The molecule has 0 radical (unpaired) electrons. The molecule has 0 saturated carbocycles. The van der Waals surface area contributed by atoms with Crippen LogP contribution in [0.4, 0.5) is 4.39 Å². The van der Waals surface area contributed by atoms with Crippen molar-refractivity contribution < 1.29 is 9.18 Å². The van der Waals surface area contributed by atoms with Crippen LogP contribution in [-0.2, 0) is 10.2 Å². The largest absolute Gasteiger partial charge is 0.298 e. The molecule has 0 saturated heterocycles. The number of allylic oxidation sites excluding steroid dienone is 2. The molecule has 3 rings (SSSR count). The van der Waals surface area contributed by atoms with E-state index in [1.165, 1.54) is 12.1 Å². The number of carbonyl (C=O) groups is 1. The monoisotopic (exact) mass is 256 g/mol. The molecule has 0 amide bonds. The lowest BCUT2D eigenvalue weighted by atomic mass is 9.85. The van der Waals surface area contributed by atoms with Crippen LogP contribution in [0.25, 0.3) is 16.6 Å². The zero-order valence-corrected chi connectivity index (χ0v) is 11.0. The topological polar surface area (TPSA) is 42.9 Å². The van der Waals surface area contributed by atoms with Crippen molar-refractivity contribution in [2.24, 2.45) is 0 Å². The van der Waals surface area contributed by atoms with Crippen molar-refractivity contribution in [1.29, 1.82) is 0 Å². The molecular weight excluding hydrogens is 243 g/mol. The molecule has 2 aromatic rings. The molecule has 0 bridgehead atoms. The van der Waals surface area contributed by atoms with Crippen molar-refractivity contribution in [2.45, 2.75) is 26.2 Å². The van der Waals surface area contributed by atoms with Crippen molar-refractivity contribution in [3.8, 4) is 0 Å². The van der Waals surface area contributed by atoms with E-state index in [1.54, 1.807) is 6.07 Å². The normalized spacial score (nSPS) is 16.8. The maximum atomic E-state index is 13.3. The Kier molecular flexibility index (Phi) is 2.33. The summed E-state index contributed by atoms with van der Waals surface area (Å²) in [6, 6.07) is 4.34. The lowest BCUT2D eigenvalue weighted by molar-refractivity contribution is -0.105. The summed E-state index contributed by atoms with van der Waals surface area (Å²) in [5.74, 6) is -0.335. The minimum atomic E-state index is -0.478. The van der Waals surface area contributed by atoms with E-state index in [2.05, 4.69) is 9.97 Å². The Balaban J connectivity index is 2.37. The van der Waals surface area contributed by atoms with Gasteiger partial charge in [-0.15, -0.1) is 0 Å². The highest BCUT2D eigenvalue weighted by atomic mass is 19.1. The summed E-state index contributed by atoms with van der Waals surface area (Å²) in [5.41, 5.74) is 3.71. The molecule has 4 heteroatoms. The Morgan fingerprint density at radius 1 is 1.21 bits per heavy atom. The van der Waals surface area contributed by atoms with Gasteiger partial charge in [0.25, 0.3) is 0 Å².